The van der Waals surface area contributed by atoms with Gasteiger partial charge < -0.3 is 5.11 Å². The molecule has 1 atom stereocenters. The van der Waals surface area contributed by atoms with E-state index < -0.39 is 21.8 Å². The van der Waals surface area contributed by atoms with Crippen LogP contribution in [0.1, 0.15) is 19.8 Å². The van der Waals surface area contributed by atoms with E-state index in [9.17, 15) is 13.2 Å². The molecule has 0 aromatic carbocycles. The van der Waals surface area contributed by atoms with Gasteiger partial charge in [0.25, 0.3) is 0 Å². The van der Waals surface area contributed by atoms with Crippen molar-refractivity contribution in [3.63, 3.8) is 0 Å². The molecule has 1 aliphatic rings. The molecule has 0 aromatic heterocycles. The molecule has 1 aliphatic heterocycles. The van der Waals surface area contributed by atoms with Crippen LogP contribution >= 0.6 is 0 Å². The molecule has 0 aliphatic carbocycles. The summed E-state index contributed by atoms with van der Waals surface area (Å²) in [5, 5.41) is 9.03. The minimum Gasteiger partial charge on any atom is -0.480 e. The summed E-state index contributed by atoms with van der Waals surface area (Å²) in [5.41, 5.74) is 0. The molecule has 1 rings (SSSR count). The molecule has 1 fully saturated rings. The third kappa shape index (κ3) is 3.75. The molecular weight excluding hydrogens is 230 g/mol. The van der Waals surface area contributed by atoms with Gasteiger partial charge in [-0.3, -0.25) is 9.69 Å². The SMILES string of the molecule is CCC1CN(C(CCS(C)(=O)=O)C(=O)O)C1. The van der Waals surface area contributed by atoms with Crippen molar-refractivity contribution in [3.8, 4) is 0 Å². The number of sulfone groups is 1. The summed E-state index contributed by atoms with van der Waals surface area (Å²) in [6, 6.07) is -0.641. The van der Waals surface area contributed by atoms with Crippen molar-refractivity contribution in [2.75, 3.05) is 25.1 Å². The molecule has 0 amide bonds. The van der Waals surface area contributed by atoms with Gasteiger partial charge in [0.05, 0.1) is 5.75 Å². The summed E-state index contributed by atoms with van der Waals surface area (Å²) in [5.74, 6) is -0.407. The van der Waals surface area contributed by atoms with Crippen LogP contribution in [0.25, 0.3) is 0 Å². The van der Waals surface area contributed by atoms with E-state index in [2.05, 4.69) is 6.92 Å². The Kier molecular flexibility index (Phi) is 4.32. The molecule has 0 saturated carbocycles. The molecule has 6 heteroatoms. The Labute approximate surface area is 96.4 Å². The summed E-state index contributed by atoms with van der Waals surface area (Å²) >= 11 is 0. The van der Waals surface area contributed by atoms with Crippen molar-refractivity contribution < 1.29 is 18.3 Å². The van der Waals surface area contributed by atoms with Gasteiger partial charge in [-0.25, -0.2) is 8.42 Å². The third-order valence-corrected chi connectivity index (χ3v) is 4.03. The maximum absolute atomic E-state index is 11.0. The largest absolute Gasteiger partial charge is 0.480 e. The first kappa shape index (κ1) is 13.4. The van der Waals surface area contributed by atoms with Gasteiger partial charge in [-0.15, -0.1) is 0 Å². The normalized spacial score (nSPS) is 20.4. The van der Waals surface area contributed by atoms with E-state index in [1.54, 1.807) is 0 Å². The number of nitrogens with zero attached hydrogens (tertiary/aromatic N) is 1. The Morgan fingerprint density at radius 2 is 2.06 bits per heavy atom. The second-order valence-electron chi connectivity index (χ2n) is 4.50. The third-order valence-electron chi connectivity index (χ3n) is 3.05. The first-order valence-corrected chi connectivity index (χ1v) is 7.54. The Hall–Kier alpha value is -0.620. The smallest absolute Gasteiger partial charge is 0.320 e. The number of carbonyl (C=O) groups is 1. The van der Waals surface area contributed by atoms with E-state index in [0.29, 0.717) is 5.92 Å². The lowest BCUT2D eigenvalue weighted by Crippen LogP contribution is -2.55. The highest BCUT2D eigenvalue weighted by Gasteiger charge is 2.35. The van der Waals surface area contributed by atoms with Gasteiger partial charge in [-0.1, -0.05) is 13.3 Å². The van der Waals surface area contributed by atoms with Crippen molar-refractivity contribution in [1.82, 2.24) is 4.90 Å². The van der Waals surface area contributed by atoms with Gasteiger partial charge in [0.2, 0.25) is 0 Å². The highest BCUT2D eigenvalue weighted by molar-refractivity contribution is 7.90. The van der Waals surface area contributed by atoms with Crippen LogP contribution in [0.2, 0.25) is 0 Å². The lowest BCUT2D eigenvalue weighted by Gasteiger charge is -2.42. The van der Waals surface area contributed by atoms with E-state index in [0.717, 1.165) is 25.8 Å². The number of carboxylic acid groups (broad SMARTS) is 1. The average Bonchev–Trinajstić information content (AvgIpc) is 2.05. The molecule has 1 heterocycles. The molecule has 1 unspecified atom stereocenters. The van der Waals surface area contributed by atoms with Crippen LogP contribution in [-0.4, -0.2) is 55.5 Å². The fraction of sp³-hybridized carbons (Fsp3) is 0.900. The fourth-order valence-corrected chi connectivity index (χ4v) is 2.56. The van der Waals surface area contributed by atoms with Crippen molar-refractivity contribution in [2.24, 2.45) is 5.92 Å². The van der Waals surface area contributed by atoms with Crippen LogP contribution in [-0.2, 0) is 14.6 Å². The summed E-state index contributed by atoms with van der Waals surface area (Å²) in [6.45, 7) is 3.63. The van der Waals surface area contributed by atoms with Crippen molar-refractivity contribution in [3.05, 3.63) is 0 Å². The van der Waals surface area contributed by atoms with Crippen LogP contribution in [0.4, 0.5) is 0 Å². The second-order valence-corrected chi connectivity index (χ2v) is 6.76. The Morgan fingerprint density at radius 3 is 2.44 bits per heavy atom. The molecular formula is C10H19NO4S. The molecule has 1 N–H and O–H groups in total. The maximum Gasteiger partial charge on any atom is 0.320 e. The first-order valence-electron chi connectivity index (χ1n) is 5.48. The van der Waals surface area contributed by atoms with Gasteiger partial charge in [0, 0.05) is 19.3 Å². The standard InChI is InChI=1S/C10H19NO4S/c1-3-8-6-11(7-8)9(10(12)13)4-5-16(2,14)15/h8-9H,3-7H2,1-2H3,(H,12,13). The predicted octanol–water partition coefficient (Wildman–Crippen LogP) is 0.216. The van der Waals surface area contributed by atoms with Gasteiger partial charge in [0.15, 0.2) is 0 Å². The number of carboxylic acids is 1. The summed E-state index contributed by atoms with van der Waals surface area (Å²) in [6.07, 6.45) is 2.37. The van der Waals surface area contributed by atoms with E-state index in [1.807, 2.05) is 4.90 Å². The molecule has 0 aromatic rings. The highest BCUT2D eigenvalue weighted by Crippen LogP contribution is 2.23. The zero-order valence-electron chi connectivity index (χ0n) is 9.72. The number of hydrogen-bond acceptors (Lipinski definition) is 4. The zero-order chi connectivity index (χ0) is 12.3. The number of aliphatic carboxylic acids is 1. The minimum absolute atomic E-state index is 0.0583. The van der Waals surface area contributed by atoms with Crippen LogP contribution in [0.5, 0.6) is 0 Å². The topological polar surface area (TPSA) is 74.7 Å². The van der Waals surface area contributed by atoms with Crippen LogP contribution in [0.3, 0.4) is 0 Å². The fourth-order valence-electron chi connectivity index (χ4n) is 1.91. The van der Waals surface area contributed by atoms with E-state index >= 15 is 0 Å². The Morgan fingerprint density at radius 1 is 1.50 bits per heavy atom. The van der Waals surface area contributed by atoms with E-state index in [1.165, 1.54) is 0 Å². The minimum atomic E-state index is -3.08. The van der Waals surface area contributed by atoms with Gasteiger partial charge in [-0.2, -0.15) is 0 Å². The molecule has 0 spiro atoms. The van der Waals surface area contributed by atoms with Gasteiger partial charge in [0.1, 0.15) is 15.9 Å². The van der Waals surface area contributed by atoms with Gasteiger partial charge >= 0.3 is 5.97 Å². The summed E-state index contributed by atoms with van der Waals surface area (Å²) < 4.78 is 22.0. The zero-order valence-corrected chi connectivity index (χ0v) is 10.5. The van der Waals surface area contributed by atoms with Crippen LogP contribution in [0.15, 0.2) is 0 Å². The highest BCUT2D eigenvalue weighted by atomic mass is 32.2. The monoisotopic (exact) mass is 249 g/mol. The maximum atomic E-state index is 11.0. The van der Waals surface area contributed by atoms with Gasteiger partial charge in [-0.05, 0) is 12.3 Å². The molecule has 1 saturated heterocycles. The number of hydrogen-bond donors (Lipinski definition) is 1. The van der Waals surface area contributed by atoms with Crippen LogP contribution in [0, 0.1) is 5.92 Å². The first-order chi connectivity index (χ1) is 7.33. The summed E-state index contributed by atoms with van der Waals surface area (Å²) in [7, 11) is -3.08. The Balaban J connectivity index is 2.47. The van der Waals surface area contributed by atoms with Crippen molar-refractivity contribution >= 4 is 15.8 Å². The number of likely N-dealkylation sites (tertiary alicyclic amines) is 1. The lowest BCUT2D eigenvalue weighted by atomic mass is 9.94. The second kappa shape index (κ2) is 5.14. The molecule has 5 nitrogen and oxygen atoms in total. The number of rotatable bonds is 6. The molecule has 0 radical (unpaired) electrons. The molecule has 16 heavy (non-hydrogen) atoms. The van der Waals surface area contributed by atoms with Crippen molar-refractivity contribution in [2.45, 2.75) is 25.8 Å². The van der Waals surface area contributed by atoms with E-state index in [4.69, 9.17) is 5.11 Å². The molecule has 94 valence electrons. The average molecular weight is 249 g/mol. The lowest BCUT2D eigenvalue weighted by molar-refractivity contribution is -0.146. The summed E-state index contributed by atoms with van der Waals surface area (Å²) in [4.78, 5) is 12.9. The predicted molar refractivity (Wildman–Crippen MR) is 61.1 cm³/mol. The van der Waals surface area contributed by atoms with Crippen molar-refractivity contribution in [1.29, 1.82) is 0 Å². The quantitative estimate of drug-likeness (QED) is 0.728. The Bertz CT molecular complexity index is 346. The van der Waals surface area contributed by atoms with E-state index in [-0.39, 0.29) is 12.2 Å². The van der Waals surface area contributed by atoms with Crippen LogP contribution < -0.4 is 0 Å². The molecule has 0 bridgehead atoms.